The van der Waals surface area contributed by atoms with Gasteiger partial charge in [0.1, 0.15) is 5.75 Å². The molecule has 0 aliphatic carbocycles. The summed E-state index contributed by atoms with van der Waals surface area (Å²) in [4.78, 5) is 12.0. The van der Waals surface area contributed by atoms with E-state index in [-0.39, 0.29) is 16.7 Å². The van der Waals surface area contributed by atoms with Crippen LogP contribution in [0, 0.1) is 16.7 Å². The zero-order chi connectivity index (χ0) is 16.5. The van der Waals surface area contributed by atoms with Gasteiger partial charge >= 0.3 is 5.97 Å². The third kappa shape index (κ3) is 3.99. The zero-order valence-electron chi connectivity index (χ0n) is 14.2. The molecule has 0 aromatic heterocycles. The number of hydrogen-bond donors (Lipinski definition) is 1. The molecule has 1 unspecified atom stereocenters. The summed E-state index contributed by atoms with van der Waals surface area (Å²) in [5.41, 5.74) is -1.71. The summed E-state index contributed by atoms with van der Waals surface area (Å²) in [7, 11) is 0. The number of hydrogen-bond acceptors (Lipinski definition) is 2. The van der Waals surface area contributed by atoms with Gasteiger partial charge in [-0.25, -0.2) is 4.79 Å². The molecule has 0 aliphatic heterocycles. The van der Waals surface area contributed by atoms with E-state index in [0.29, 0.717) is 5.75 Å². The minimum atomic E-state index is -1.29. The zero-order valence-corrected chi connectivity index (χ0v) is 14.2. The van der Waals surface area contributed by atoms with Gasteiger partial charge in [0.25, 0.3) is 0 Å². The van der Waals surface area contributed by atoms with Gasteiger partial charge in [-0.2, -0.15) is 0 Å². The largest absolute Gasteiger partial charge is 0.478 e. The Morgan fingerprint density at radius 3 is 1.71 bits per heavy atom. The van der Waals surface area contributed by atoms with Crippen LogP contribution < -0.4 is 4.74 Å². The van der Waals surface area contributed by atoms with Crippen LogP contribution in [0.25, 0.3) is 0 Å². The van der Waals surface area contributed by atoms with E-state index < -0.39 is 11.6 Å². The molecule has 1 atom stereocenters. The molecule has 0 aliphatic rings. The molecule has 1 aromatic carbocycles. The van der Waals surface area contributed by atoms with Gasteiger partial charge < -0.3 is 9.84 Å². The third-order valence-corrected chi connectivity index (χ3v) is 3.78. The van der Waals surface area contributed by atoms with Crippen molar-refractivity contribution >= 4 is 5.97 Å². The molecular formula is C18H28O3. The topological polar surface area (TPSA) is 46.5 Å². The van der Waals surface area contributed by atoms with E-state index in [1.165, 1.54) is 0 Å². The van der Waals surface area contributed by atoms with E-state index in [9.17, 15) is 9.90 Å². The molecule has 1 aromatic rings. The Morgan fingerprint density at radius 2 is 1.38 bits per heavy atom. The highest BCUT2D eigenvalue weighted by Gasteiger charge is 2.54. The molecule has 1 N–H and O–H groups in total. The number of carboxylic acid groups (broad SMARTS) is 1. The Bertz CT molecular complexity index is 465. The molecule has 1 rings (SSSR count). The molecule has 0 bridgehead atoms. The predicted octanol–water partition coefficient (Wildman–Crippen LogP) is 4.62. The minimum Gasteiger partial charge on any atom is -0.478 e. The first-order valence-electron chi connectivity index (χ1n) is 7.36. The highest BCUT2D eigenvalue weighted by molar-refractivity contribution is 5.78. The van der Waals surface area contributed by atoms with Gasteiger partial charge in [0, 0.05) is 5.92 Å². The Hall–Kier alpha value is -1.51. The standard InChI is InChI=1S/C18H28O3/c1-16(2,3)14(17(4,5)6)18(7,15(19)20)21-13-11-9-8-10-12-13/h8-12,14H,1-7H3,(H,19,20). The van der Waals surface area contributed by atoms with Gasteiger partial charge in [0.2, 0.25) is 5.60 Å². The van der Waals surface area contributed by atoms with E-state index in [1.807, 2.05) is 18.2 Å². The highest BCUT2D eigenvalue weighted by atomic mass is 16.5. The highest BCUT2D eigenvalue weighted by Crippen LogP contribution is 2.48. The maximum atomic E-state index is 12.0. The SMILES string of the molecule is CC(C)(C)C(C(C)(C)C)C(C)(Oc1ccccc1)C(=O)O. The van der Waals surface area contributed by atoms with Crippen molar-refractivity contribution in [3.05, 3.63) is 30.3 Å². The van der Waals surface area contributed by atoms with Crippen LogP contribution in [0.4, 0.5) is 0 Å². The van der Waals surface area contributed by atoms with Crippen molar-refractivity contribution in [2.75, 3.05) is 0 Å². The summed E-state index contributed by atoms with van der Waals surface area (Å²) in [6.07, 6.45) is 0. The summed E-state index contributed by atoms with van der Waals surface area (Å²) < 4.78 is 5.98. The lowest BCUT2D eigenvalue weighted by molar-refractivity contribution is -0.171. The van der Waals surface area contributed by atoms with Crippen molar-refractivity contribution in [3.63, 3.8) is 0 Å². The van der Waals surface area contributed by atoms with Crippen LogP contribution in [0.1, 0.15) is 48.5 Å². The summed E-state index contributed by atoms with van der Waals surface area (Å²) in [6, 6.07) is 9.17. The van der Waals surface area contributed by atoms with Crippen LogP contribution in [0.3, 0.4) is 0 Å². The number of ether oxygens (including phenoxy) is 1. The smallest absolute Gasteiger partial charge is 0.348 e. The van der Waals surface area contributed by atoms with Crippen molar-refractivity contribution in [1.82, 2.24) is 0 Å². The molecule has 3 heteroatoms. The van der Waals surface area contributed by atoms with Crippen molar-refractivity contribution in [2.24, 2.45) is 16.7 Å². The van der Waals surface area contributed by atoms with E-state index in [4.69, 9.17) is 4.74 Å². The van der Waals surface area contributed by atoms with Crippen LogP contribution in [-0.4, -0.2) is 16.7 Å². The van der Waals surface area contributed by atoms with E-state index in [1.54, 1.807) is 19.1 Å². The van der Waals surface area contributed by atoms with Crippen LogP contribution in [0.15, 0.2) is 30.3 Å². The van der Waals surface area contributed by atoms with E-state index in [0.717, 1.165) is 0 Å². The second-order valence-corrected chi connectivity index (χ2v) is 7.99. The fourth-order valence-corrected chi connectivity index (χ4v) is 3.91. The summed E-state index contributed by atoms with van der Waals surface area (Å²) in [5, 5.41) is 9.87. The molecule has 0 heterocycles. The van der Waals surface area contributed by atoms with Crippen LogP contribution in [0.5, 0.6) is 5.75 Å². The molecule has 118 valence electrons. The first-order valence-corrected chi connectivity index (χ1v) is 7.36. The quantitative estimate of drug-likeness (QED) is 0.881. The molecule has 0 fully saturated rings. The van der Waals surface area contributed by atoms with Crippen LogP contribution in [-0.2, 0) is 4.79 Å². The van der Waals surface area contributed by atoms with E-state index in [2.05, 4.69) is 41.5 Å². The van der Waals surface area contributed by atoms with Gasteiger partial charge in [0.05, 0.1) is 0 Å². The molecule has 0 amide bonds. The number of aliphatic carboxylic acids is 1. The number of rotatable bonds is 4. The molecule has 0 radical (unpaired) electrons. The third-order valence-electron chi connectivity index (χ3n) is 3.78. The predicted molar refractivity (Wildman–Crippen MR) is 85.5 cm³/mol. The Kier molecular flexibility index (Phi) is 4.76. The molecule has 0 saturated heterocycles. The van der Waals surface area contributed by atoms with Crippen LogP contribution >= 0.6 is 0 Å². The van der Waals surface area contributed by atoms with Crippen molar-refractivity contribution in [3.8, 4) is 5.75 Å². The summed E-state index contributed by atoms with van der Waals surface area (Å²) in [5.74, 6) is -0.516. The number of benzene rings is 1. The Morgan fingerprint density at radius 1 is 0.952 bits per heavy atom. The first kappa shape index (κ1) is 17.5. The van der Waals surface area contributed by atoms with E-state index >= 15 is 0 Å². The monoisotopic (exact) mass is 292 g/mol. The number of carbonyl (C=O) groups is 1. The summed E-state index contributed by atoms with van der Waals surface area (Å²) in [6.45, 7) is 14.1. The fraction of sp³-hybridized carbons (Fsp3) is 0.611. The van der Waals surface area contributed by atoms with Gasteiger partial charge in [0.15, 0.2) is 0 Å². The van der Waals surface area contributed by atoms with Gasteiger partial charge in [-0.3, -0.25) is 0 Å². The molecule has 0 saturated carbocycles. The van der Waals surface area contributed by atoms with Crippen molar-refractivity contribution in [2.45, 2.75) is 54.1 Å². The molecular weight excluding hydrogens is 264 g/mol. The normalized spacial score (nSPS) is 15.6. The average molecular weight is 292 g/mol. The molecule has 3 nitrogen and oxygen atoms in total. The van der Waals surface area contributed by atoms with Crippen molar-refractivity contribution in [1.29, 1.82) is 0 Å². The Balaban J connectivity index is 3.34. The van der Waals surface area contributed by atoms with Crippen LogP contribution in [0.2, 0.25) is 0 Å². The summed E-state index contributed by atoms with van der Waals surface area (Å²) >= 11 is 0. The first-order chi connectivity index (χ1) is 9.39. The van der Waals surface area contributed by atoms with Gasteiger partial charge in [-0.1, -0.05) is 59.7 Å². The maximum Gasteiger partial charge on any atom is 0.348 e. The average Bonchev–Trinajstić information content (AvgIpc) is 2.25. The lowest BCUT2D eigenvalue weighted by atomic mass is 9.59. The Labute approximate surface area is 128 Å². The lowest BCUT2D eigenvalue weighted by Gasteiger charge is -2.49. The number of carboxylic acids is 1. The minimum absolute atomic E-state index is 0.171. The fourth-order valence-electron chi connectivity index (χ4n) is 3.91. The second-order valence-electron chi connectivity index (χ2n) is 7.99. The lowest BCUT2D eigenvalue weighted by Crippen LogP contribution is -2.57. The number of para-hydroxylation sites is 1. The van der Waals surface area contributed by atoms with Gasteiger partial charge in [-0.05, 0) is 29.9 Å². The second kappa shape index (κ2) is 5.70. The van der Waals surface area contributed by atoms with Crippen molar-refractivity contribution < 1.29 is 14.6 Å². The maximum absolute atomic E-state index is 12.0. The van der Waals surface area contributed by atoms with Gasteiger partial charge in [-0.15, -0.1) is 0 Å². The molecule has 0 spiro atoms. The molecule has 21 heavy (non-hydrogen) atoms.